The Bertz CT molecular complexity index is 370. The van der Waals surface area contributed by atoms with Crippen molar-refractivity contribution in [2.75, 3.05) is 6.54 Å². The van der Waals surface area contributed by atoms with Crippen molar-refractivity contribution in [2.45, 2.75) is 32.3 Å². The van der Waals surface area contributed by atoms with Gasteiger partial charge in [0.05, 0.1) is 6.10 Å². The Balaban J connectivity index is 2.23. The van der Waals surface area contributed by atoms with E-state index in [1.807, 2.05) is 6.07 Å². The summed E-state index contributed by atoms with van der Waals surface area (Å²) in [7, 11) is -0.760. The van der Waals surface area contributed by atoms with Gasteiger partial charge in [-0.3, -0.25) is 0 Å². The summed E-state index contributed by atoms with van der Waals surface area (Å²) in [5.41, 5.74) is 8.84. The zero-order valence-corrected chi connectivity index (χ0v) is 9.65. The lowest BCUT2D eigenvalue weighted by atomic mass is 9.78. The fourth-order valence-electron chi connectivity index (χ4n) is 2.18. The minimum atomic E-state index is -0.760. The summed E-state index contributed by atoms with van der Waals surface area (Å²) in [4.78, 5) is 0. The maximum absolute atomic E-state index is 9.76. The van der Waals surface area contributed by atoms with Crippen molar-refractivity contribution in [1.29, 1.82) is 0 Å². The molecule has 1 aromatic rings. The fraction of sp³-hybridized carbons (Fsp3) is 0.500. The van der Waals surface area contributed by atoms with E-state index in [-0.39, 0.29) is 6.10 Å². The Kier molecular flexibility index (Phi) is 3.64. The second kappa shape index (κ2) is 5.00. The molecule has 3 N–H and O–H groups in total. The average molecular weight is 219 g/mol. The number of hydrogen-bond donors (Lipinski definition) is 2. The molecule has 1 aliphatic heterocycles. The molecule has 4 heteroatoms. The van der Waals surface area contributed by atoms with Crippen LogP contribution in [0.4, 0.5) is 0 Å². The van der Waals surface area contributed by atoms with Crippen LogP contribution in [-0.4, -0.2) is 18.7 Å². The summed E-state index contributed by atoms with van der Waals surface area (Å²) >= 11 is 0. The van der Waals surface area contributed by atoms with Gasteiger partial charge in [-0.1, -0.05) is 25.1 Å². The van der Waals surface area contributed by atoms with Crippen LogP contribution in [0.15, 0.2) is 18.2 Å². The van der Waals surface area contributed by atoms with Crippen LogP contribution in [0.2, 0.25) is 0 Å². The Labute approximate surface area is 96.8 Å². The van der Waals surface area contributed by atoms with Gasteiger partial charge in [-0.15, -0.1) is 0 Å². The quantitative estimate of drug-likeness (QED) is 0.734. The van der Waals surface area contributed by atoms with Crippen LogP contribution < -0.4 is 11.2 Å². The maximum atomic E-state index is 9.76. The standard InChI is InChI=1S/C12H18BNO2/c1-2-9-5-6-11-10(8-9)12(4-3-7-14)16-13(11)15/h5-6,8,12,15H,2-4,7,14H2,1H3. The first kappa shape index (κ1) is 11.6. The molecule has 16 heavy (non-hydrogen) atoms. The topological polar surface area (TPSA) is 55.5 Å². The highest BCUT2D eigenvalue weighted by Gasteiger charge is 2.34. The number of aryl methyl sites for hydroxylation is 1. The number of nitrogens with two attached hydrogens (primary N) is 1. The van der Waals surface area contributed by atoms with Crippen LogP contribution in [0.3, 0.4) is 0 Å². The van der Waals surface area contributed by atoms with E-state index < -0.39 is 7.12 Å². The smallest absolute Gasteiger partial charge is 0.423 e. The van der Waals surface area contributed by atoms with Gasteiger partial charge in [0.1, 0.15) is 0 Å². The number of rotatable bonds is 4. The van der Waals surface area contributed by atoms with E-state index in [2.05, 4.69) is 19.1 Å². The first-order valence-corrected chi connectivity index (χ1v) is 5.92. The van der Waals surface area contributed by atoms with Crippen molar-refractivity contribution in [3.8, 4) is 0 Å². The third kappa shape index (κ3) is 2.14. The minimum Gasteiger partial charge on any atom is -0.423 e. The predicted molar refractivity (Wildman–Crippen MR) is 65.5 cm³/mol. The van der Waals surface area contributed by atoms with E-state index in [0.717, 1.165) is 30.3 Å². The lowest BCUT2D eigenvalue weighted by Crippen LogP contribution is -2.27. The van der Waals surface area contributed by atoms with E-state index in [1.165, 1.54) is 5.56 Å². The molecule has 1 heterocycles. The highest BCUT2D eigenvalue weighted by Crippen LogP contribution is 2.28. The summed E-state index contributed by atoms with van der Waals surface area (Å²) in [6.45, 7) is 2.79. The number of fused-ring (bicyclic) bond motifs is 1. The molecule has 1 unspecified atom stereocenters. The minimum absolute atomic E-state index is 0.0139. The molecule has 0 saturated heterocycles. The van der Waals surface area contributed by atoms with Crippen molar-refractivity contribution >= 4 is 12.6 Å². The van der Waals surface area contributed by atoms with Crippen molar-refractivity contribution in [3.63, 3.8) is 0 Å². The van der Waals surface area contributed by atoms with Gasteiger partial charge < -0.3 is 15.4 Å². The number of hydrogen-bond acceptors (Lipinski definition) is 3. The van der Waals surface area contributed by atoms with E-state index in [9.17, 15) is 5.02 Å². The van der Waals surface area contributed by atoms with Crippen LogP contribution >= 0.6 is 0 Å². The Hall–Kier alpha value is -0.835. The Morgan fingerprint density at radius 2 is 2.31 bits per heavy atom. The van der Waals surface area contributed by atoms with Gasteiger partial charge in [0.25, 0.3) is 0 Å². The van der Waals surface area contributed by atoms with Gasteiger partial charge in [-0.25, -0.2) is 0 Å². The molecule has 2 rings (SSSR count). The molecule has 86 valence electrons. The Morgan fingerprint density at radius 3 is 3.00 bits per heavy atom. The van der Waals surface area contributed by atoms with Crippen molar-refractivity contribution in [1.82, 2.24) is 0 Å². The molecule has 1 aliphatic rings. The molecular weight excluding hydrogens is 201 g/mol. The van der Waals surface area contributed by atoms with Crippen LogP contribution in [0.1, 0.15) is 37.0 Å². The monoisotopic (exact) mass is 219 g/mol. The fourth-order valence-corrected chi connectivity index (χ4v) is 2.18. The molecule has 0 amide bonds. The average Bonchev–Trinajstić information content (AvgIpc) is 2.63. The summed E-state index contributed by atoms with van der Waals surface area (Å²) in [5, 5.41) is 9.76. The third-order valence-electron chi connectivity index (χ3n) is 3.14. The zero-order valence-electron chi connectivity index (χ0n) is 9.65. The summed E-state index contributed by atoms with van der Waals surface area (Å²) in [6, 6.07) is 6.17. The molecule has 1 aromatic carbocycles. The second-order valence-corrected chi connectivity index (χ2v) is 4.22. The SMILES string of the molecule is CCc1ccc2c(c1)C(CCCN)OB2O. The van der Waals surface area contributed by atoms with Crippen LogP contribution in [0, 0.1) is 0 Å². The van der Waals surface area contributed by atoms with E-state index >= 15 is 0 Å². The predicted octanol–water partition coefficient (Wildman–Crippen LogP) is 0.747. The van der Waals surface area contributed by atoms with Crippen molar-refractivity contribution < 1.29 is 9.68 Å². The number of benzene rings is 1. The normalized spacial score (nSPS) is 18.9. The van der Waals surface area contributed by atoms with Gasteiger partial charge in [0, 0.05) is 0 Å². The second-order valence-electron chi connectivity index (χ2n) is 4.22. The first-order valence-electron chi connectivity index (χ1n) is 5.92. The summed E-state index contributed by atoms with van der Waals surface area (Å²) in [5.74, 6) is 0. The summed E-state index contributed by atoms with van der Waals surface area (Å²) < 4.78 is 5.53. The van der Waals surface area contributed by atoms with Crippen molar-refractivity contribution in [2.24, 2.45) is 5.73 Å². The highest BCUT2D eigenvalue weighted by atomic mass is 16.5. The van der Waals surface area contributed by atoms with E-state index in [1.54, 1.807) is 0 Å². The molecule has 0 spiro atoms. The molecule has 0 saturated carbocycles. The van der Waals surface area contributed by atoms with Gasteiger partial charge in [-0.05, 0) is 42.4 Å². The van der Waals surface area contributed by atoms with Gasteiger partial charge in [0.15, 0.2) is 0 Å². The maximum Gasteiger partial charge on any atom is 0.491 e. The van der Waals surface area contributed by atoms with Crippen LogP contribution in [-0.2, 0) is 11.1 Å². The lowest BCUT2D eigenvalue weighted by Gasteiger charge is -2.12. The highest BCUT2D eigenvalue weighted by molar-refractivity contribution is 6.61. The van der Waals surface area contributed by atoms with E-state index in [4.69, 9.17) is 10.4 Å². The van der Waals surface area contributed by atoms with Crippen molar-refractivity contribution in [3.05, 3.63) is 29.3 Å². The molecule has 1 atom stereocenters. The molecule has 0 aliphatic carbocycles. The lowest BCUT2D eigenvalue weighted by molar-refractivity contribution is 0.179. The Morgan fingerprint density at radius 1 is 1.50 bits per heavy atom. The molecule has 0 aromatic heterocycles. The summed E-state index contributed by atoms with van der Waals surface area (Å²) in [6.07, 6.45) is 2.83. The zero-order chi connectivity index (χ0) is 11.5. The van der Waals surface area contributed by atoms with Gasteiger partial charge in [0.2, 0.25) is 0 Å². The molecule has 3 nitrogen and oxygen atoms in total. The van der Waals surface area contributed by atoms with E-state index in [0.29, 0.717) is 6.54 Å². The molecule has 0 radical (unpaired) electrons. The largest absolute Gasteiger partial charge is 0.491 e. The van der Waals surface area contributed by atoms with Crippen LogP contribution in [0.25, 0.3) is 0 Å². The first-order chi connectivity index (χ1) is 7.76. The molecule has 0 bridgehead atoms. The third-order valence-corrected chi connectivity index (χ3v) is 3.14. The van der Waals surface area contributed by atoms with Gasteiger partial charge in [-0.2, -0.15) is 0 Å². The van der Waals surface area contributed by atoms with Crippen LogP contribution in [0.5, 0.6) is 0 Å². The van der Waals surface area contributed by atoms with Gasteiger partial charge >= 0.3 is 7.12 Å². The molecule has 0 fully saturated rings. The molecular formula is C12H18BNO2.